The van der Waals surface area contributed by atoms with Gasteiger partial charge in [0.2, 0.25) is 5.91 Å². The molecule has 0 aromatic heterocycles. The molecule has 1 aliphatic heterocycles. The van der Waals surface area contributed by atoms with Crippen LogP contribution in [0.3, 0.4) is 0 Å². The van der Waals surface area contributed by atoms with Crippen molar-refractivity contribution in [3.63, 3.8) is 0 Å². The van der Waals surface area contributed by atoms with Gasteiger partial charge in [-0.2, -0.15) is 0 Å². The molecule has 1 fully saturated rings. The summed E-state index contributed by atoms with van der Waals surface area (Å²) in [5.74, 6) is 0.235. The fraction of sp³-hybridized carbons (Fsp3) is 0.562. The van der Waals surface area contributed by atoms with Crippen LogP contribution < -0.4 is 5.32 Å². The van der Waals surface area contributed by atoms with Crippen molar-refractivity contribution in [2.75, 3.05) is 13.1 Å². The van der Waals surface area contributed by atoms with Crippen LogP contribution in [0.5, 0.6) is 0 Å². The molecule has 1 amide bonds. The van der Waals surface area contributed by atoms with E-state index in [4.69, 9.17) is 11.6 Å². The molecule has 5 heteroatoms. The number of rotatable bonds is 4. The molecule has 1 heterocycles. The van der Waals surface area contributed by atoms with Gasteiger partial charge in [0, 0.05) is 32.1 Å². The average molecular weight is 313 g/mol. The predicted octanol–water partition coefficient (Wildman–Crippen LogP) is 3.22. The third kappa shape index (κ3) is 4.17. The molecule has 1 aromatic carbocycles. The first kappa shape index (κ1) is 16.2. The van der Waals surface area contributed by atoms with Crippen molar-refractivity contribution < 1.29 is 9.18 Å². The van der Waals surface area contributed by atoms with Gasteiger partial charge in [-0.1, -0.05) is 31.5 Å². The van der Waals surface area contributed by atoms with Gasteiger partial charge in [0.25, 0.3) is 0 Å². The maximum Gasteiger partial charge on any atom is 0.222 e. The average Bonchev–Trinajstić information content (AvgIpc) is 2.48. The number of hydrogen-bond donors (Lipinski definition) is 1. The van der Waals surface area contributed by atoms with Crippen molar-refractivity contribution in [3.05, 3.63) is 34.6 Å². The molecular weight excluding hydrogens is 291 g/mol. The number of nitrogens with one attached hydrogen (secondary N) is 1. The monoisotopic (exact) mass is 312 g/mol. The quantitative estimate of drug-likeness (QED) is 0.926. The van der Waals surface area contributed by atoms with E-state index in [0.29, 0.717) is 24.9 Å². The summed E-state index contributed by atoms with van der Waals surface area (Å²) in [5, 5.41) is 3.62. The molecule has 1 N–H and O–H groups in total. The third-order valence-corrected chi connectivity index (χ3v) is 4.42. The van der Waals surface area contributed by atoms with Crippen LogP contribution in [0.4, 0.5) is 4.39 Å². The van der Waals surface area contributed by atoms with E-state index in [1.165, 1.54) is 6.07 Å². The lowest BCUT2D eigenvalue weighted by molar-refractivity contribution is -0.132. The van der Waals surface area contributed by atoms with Crippen LogP contribution in [0, 0.1) is 11.7 Å². The minimum absolute atomic E-state index is 0.151. The number of piperidine rings is 1. The Hall–Kier alpha value is -1.13. The second-order valence-corrected chi connectivity index (χ2v) is 6.10. The van der Waals surface area contributed by atoms with Crippen molar-refractivity contribution in [2.45, 2.75) is 39.3 Å². The molecule has 2 rings (SSSR count). The summed E-state index contributed by atoms with van der Waals surface area (Å²) in [7, 11) is 0. The van der Waals surface area contributed by atoms with Crippen LogP contribution in [0.1, 0.15) is 32.3 Å². The Balaban J connectivity index is 1.87. The lowest BCUT2D eigenvalue weighted by Crippen LogP contribution is -2.49. The van der Waals surface area contributed by atoms with Crippen molar-refractivity contribution >= 4 is 17.5 Å². The highest BCUT2D eigenvalue weighted by Gasteiger charge is 2.27. The third-order valence-electron chi connectivity index (χ3n) is 4.11. The topological polar surface area (TPSA) is 32.3 Å². The van der Waals surface area contributed by atoms with Crippen molar-refractivity contribution in [1.29, 1.82) is 0 Å². The van der Waals surface area contributed by atoms with Crippen LogP contribution in [0.25, 0.3) is 0 Å². The Labute approximate surface area is 130 Å². The van der Waals surface area contributed by atoms with Gasteiger partial charge in [-0.05, 0) is 30.0 Å². The van der Waals surface area contributed by atoms with Gasteiger partial charge >= 0.3 is 0 Å². The second kappa shape index (κ2) is 7.23. The Morgan fingerprint density at radius 2 is 2.29 bits per heavy atom. The van der Waals surface area contributed by atoms with Crippen LogP contribution >= 0.6 is 11.6 Å². The highest BCUT2D eigenvalue weighted by molar-refractivity contribution is 6.30. The zero-order chi connectivity index (χ0) is 15.4. The summed E-state index contributed by atoms with van der Waals surface area (Å²) >= 11 is 5.68. The first-order valence-corrected chi connectivity index (χ1v) is 7.84. The summed E-state index contributed by atoms with van der Waals surface area (Å²) in [6.07, 6.45) is 1.50. The van der Waals surface area contributed by atoms with Crippen LogP contribution in [0.15, 0.2) is 18.2 Å². The maximum atomic E-state index is 13.4. The van der Waals surface area contributed by atoms with E-state index in [1.54, 1.807) is 6.07 Å². The van der Waals surface area contributed by atoms with Gasteiger partial charge in [-0.3, -0.25) is 4.79 Å². The lowest BCUT2D eigenvalue weighted by atomic mass is 9.93. The zero-order valence-electron chi connectivity index (χ0n) is 12.5. The Morgan fingerprint density at radius 3 is 2.90 bits per heavy atom. The normalized spacial score (nSPS) is 22.4. The van der Waals surface area contributed by atoms with E-state index in [9.17, 15) is 9.18 Å². The largest absolute Gasteiger partial charge is 0.342 e. The van der Waals surface area contributed by atoms with Crippen LogP contribution in [0.2, 0.25) is 5.02 Å². The van der Waals surface area contributed by atoms with Crippen molar-refractivity contribution in [2.24, 2.45) is 5.92 Å². The molecule has 21 heavy (non-hydrogen) atoms. The van der Waals surface area contributed by atoms with Crippen molar-refractivity contribution in [1.82, 2.24) is 10.2 Å². The molecule has 0 bridgehead atoms. The number of carbonyl (C=O) groups is 1. The maximum absolute atomic E-state index is 13.4. The highest BCUT2D eigenvalue weighted by Crippen LogP contribution is 2.19. The molecular formula is C16H22ClFN2O. The lowest BCUT2D eigenvalue weighted by Gasteiger charge is -2.37. The number of carbonyl (C=O) groups excluding carboxylic acids is 1. The smallest absolute Gasteiger partial charge is 0.222 e. The van der Waals surface area contributed by atoms with Gasteiger partial charge in [0.1, 0.15) is 5.82 Å². The first-order chi connectivity index (χ1) is 10.0. The van der Waals surface area contributed by atoms with Crippen LogP contribution in [-0.2, 0) is 11.3 Å². The Morgan fingerprint density at radius 1 is 1.52 bits per heavy atom. The molecule has 116 valence electrons. The molecule has 0 saturated carbocycles. The van der Waals surface area contributed by atoms with E-state index in [-0.39, 0.29) is 16.7 Å². The van der Waals surface area contributed by atoms with E-state index in [1.807, 2.05) is 17.9 Å². The van der Waals surface area contributed by atoms with Gasteiger partial charge in [-0.25, -0.2) is 4.39 Å². The molecule has 2 atom stereocenters. The summed E-state index contributed by atoms with van der Waals surface area (Å²) < 4.78 is 13.4. The molecule has 1 saturated heterocycles. The summed E-state index contributed by atoms with van der Waals surface area (Å²) in [5.41, 5.74) is 0.885. The Bertz CT molecular complexity index is 509. The fourth-order valence-corrected chi connectivity index (χ4v) is 2.92. The number of hydrogen-bond acceptors (Lipinski definition) is 2. The second-order valence-electron chi connectivity index (χ2n) is 5.70. The number of halogens is 2. The SMILES string of the molecule is CCC(=O)N1CC[C@@H](NCc2ccc(Cl)c(F)c2)[C@@H](C)C1. The van der Waals surface area contributed by atoms with Gasteiger partial charge < -0.3 is 10.2 Å². The van der Waals surface area contributed by atoms with E-state index < -0.39 is 0 Å². The molecule has 0 radical (unpaired) electrons. The molecule has 1 aliphatic rings. The summed E-state index contributed by atoms with van der Waals surface area (Å²) in [4.78, 5) is 13.7. The molecule has 3 nitrogen and oxygen atoms in total. The summed E-state index contributed by atoms with van der Waals surface area (Å²) in [6.45, 7) is 6.25. The fourth-order valence-electron chi connectivity index (χ4n) is 2.80. The molecule has 1 aromatic rings. The first-order valence-electron chi connectivity index (χ1n) is 7.46. The van der Waals surface area contributed by atoms with E-state index in [2.05, 4.69) is 12.2 Å². The minimum atomic E-state index is -0.382. The number of benzene rings is 1. The highest BCUT2D eigenvalue weighted by atomic mass is 35.5. The van der Waals surface area contributed by atoms with Gasteiger partial charge in [-0.15, -0.1) is 0 Å². The number of amides is 1. The van der Waals surface area contributed by atoms with Gasteiger partial charge in [0.05, 0.1) is 5.02 Å². The summed E-state index contributed by atoms with van der Waals surface area (Å²) in [6, 6.07) is 5.23. The number of nitrogens with zero attached hydrogens (tertiary/aromatic N) is 1. The molecule has 0 spiro atoms. The standard InChI is InChI=1S/C16H22ClFN2O/c1-3-16(21)20-7-6-15(11(2)10-20)19-9-12-4-5-13(17)14(18)8-12/h4-5,8,11,15,19H,3,6-7,9-10H2,1-2H3/t11-,15+/m0/s1. The van der Waals surface area contributed by atoms with Crippen LogP contribution in [-0.4, -0.2) is 29.9 Å². The predicted molar refractivity (Wildman–Crippen MR) is 82.7 cm³/mol. The molecule has 0 aliphatic carbocycles. The Kier molecular flexibility index (Phi) is 5.59. The number of likely N-dealkylation sites (tertiary alicyclic amines) is 1. The van der Waals surface area contributed by atoms with E-state index >= 15 is 0 Å². The van der Waals surface area contributed by atoms with Gasteiger partial charge in [0.15, 0.2) is 0 Å². The molecule has 0 unspecified atom stereocenters. The minimum Gasteiger partial charge on any atom is -0.342 e. The zero-order valence-corrected chi connectivity index (χ0v) is 13.3. The van der Waals surface area contributed by atoms with Crippen molar-refractivity contribution in [3.8, 4) is 0 Å². The van der Waals surface area contributed by atoms with E-state index in [0.717, 1.165) is 25.1 Å².